The van der Waals surface area contributed by atoms with Crippen molar-refractivity contribution in [2.75, 3.05) is 13.2 Å². The maximum atomic E-state index is 5.76. The first kappa shape index (κ1) is 12.9. The van der Waals surface area contributed by atoms with E-state index in [-0.39, 0.29) is 0 Å². The van der Waals surface area contributed by atoms with Crippen LogP contribution in [-0.4, -0.2) is 30.2 Å². The van der Waals surface area contributed by atoms with Gasteiger partial charge in [-0.25, -0.2) is 0 Å². The first-order valence-electron chi connectivity index (χ1n) is 7.51. The summed E-state index contributed by atoms with van der Waals surface area (Å²) in [6, 6.07) is 13.6. The van der Waals surface area contributed by atoms with Gasteiger partial charge in [0, 0.05) is 18.2 Å². The van der Waals surface area contributed by atoms with Crippen LogP contribution in [0.5, 0.6) is 0 Å². The Balaban J connectivity index is 1.59. The summed E-state index contributed by atoms with van der Waals surface area (Å²) in [5.41, 5.74) is 3.98. The lowest BCUT2D eigenvalue weighted by Gasteiger charge is -2.44. The summed E-state index contributed by atoms with van der Waals surface area (Å²) in [5.74, 6) is 0. The fourth-order valence-corrected chi connectivity index (χ4v) is 3.36. The van der Waals surface area contributed by atoms with E-state index in [0.717, 1.165) is 26.2 Å². The fourth-order valence-electron chi connectivity index (χ4n) is 3.36. The number of hydrogen-bond acceptors (Lipinski definition) is 3. The third-order valence-electron chi connectivity index (χ3n) is 4.44. The Morgan fingerprint density at radius 1 is 1.10 bits per heavy atom. The SMILES string of the molecule is C1=C(c2ccoc2)CC2COCC1N2Cc1ccccc1. The highest BCUT2D eigenvalue weighted by Gasteiger charge is 2.34. The van der Waals surface area contributed by atoms with Crippen LogP contribution in [0.25, 0.3) is 5.57 Å². The third-order valence-corrected chi connectivity index (χ3v) is 4.44. The minimum Gasteiger partial charge on any atom is -0.472 e. The molecule has 2 unspecified atom stereocenters. The van der Waals surface area contributed by atoms with Gasteiger partial charge in [0.05, 0.1) is 31.8 Å². The average molecular weight is 281 g/mol. The normalized spacial score (nSPS) is 25.6. The van der Waals surface area contributed by atoms with Crippen molar-refractivity contribution in [3.63, 3.8) is 0 Å². The molecule has 0 saturated carbocycles. The van der Waals surface area contributed by atoms with Crippen LogP contribution in [0.3, 0.4) is 0 Å². The van der Waals surface area contributed by atoms with Gasteiger partial charge in [0.1, 0.15) is 0 Å². The molecule has 2 atom stereocenters. The van der Waals surface area contributed by atoms with Crippen LogP contribution >= 0.6 is 0 Å². The molecular weight excluding hydrogens is 262 g/mol. The molecule has 2 aromatic rings. The van der Waals surface area contributed by atoms with Gasteiger partial charge in [-0.3, -0.25) is 4.90 Å². The van der Waals surface area contributed by atoms with E-state index in [9.17, 15) is 0 Å². The van der Waals surface area contributed by atoms with E-state index in [1.54, 1.807) is 6.26 Å². The van der Waals surface area contributed by atoms with Gasteiger partial charge >= 0.3 is 0 Å². The molecule has 21 heavy (non-hydrogen) atoms. The van der Waals surface area contributed by atoms with Crippen molar-refractivity contribution in [1.82, 2.24) is 4.90 Å². The van der Waals surface area contributed by atoms with Gasteiger partial charge in [0.25, 0.3) is 0 Å². The Morgan fingerprint density at radius 3 is 2.76 bits per heavy atom. The monoisotopic (exact) mass is 281 g/mol. The molecule has 1 aromatic carbocycles. The van der Waals surface area contributed by atoms with Crippen molar-refractivity contribution in [2.24, 2.45) is 0 Å². The number of morpholine rings is 1. The molecule has 1 fully saturated rings. The molecule has 0 N–H and O–H groups in total. The van der Waals surface area contributed by atoms with Crippen LogP contribution in [0.4, 0.5) is 0 Å². The van der Waals surface area contributed by atoms with Gasteiger partial charge in [-0.05, 0) is 23.6 Å². The number of nitrogens with zero attached hydrogens (tertiary/aromatic N) is 1. The molecule has 1 saturated heterocycles. The Bertz CT molecular complexity index is 618. The highest BCUT2D eigenvalue weighted by Crippen LogP contribution is 2.33. The summed E-state index contributed by atoms with van der Waals surface area (Å²) in [6.07, 6.45) is 6.97. The highest BCUT2D eigenvalue weighted by molar-refractivity contribution is 5.67. The standard InChI is InChI=1S/C18H19NO2/c1-2-4-14(5-3-1)10-19-17-8-16(15-6-7-20-11-15)9-18(19)13-21-12-17/h1-8,11,17-18H,9-10,12-13H2. The van der Waals surface area contributed by atoms with Crippen LogP contribution in [0.2, 0.25) is 0 Å². The Hall–Kier alpha value is -1.84. The summed E-state index contributed by atoms with van der Waals surface area (Å²) in [6.45, 7) is 2.60. The third kappa shape index (κ3) is 2.55. The summed E-state index contributed by atoms with van der Waals surface area (Å²) in [5, 5.41) is 0. The maximum Gasteiger partial charge on any atom is 0.0977 e. The van der Waals surface area contributed by atoms with Gasteiger partial charge in [-0.15, -0.1) is 0 Å². The summed E-state index contributed by atoms with van der Waals surface area (Å²) < 4.78 is 11.0. The van der Waals surface area contributed by atoms with E-state index < -0.39 is 0 Å². The molecule has 0 radical (unpaired) electrons. The smallest absolute Gasteiger partial charge is 0.0977 e. The minimum atomic E-state index is 0.364. The van der Waals surface area contributed by atoms with E-state index in [4.69, 9.17) is 9.15 Å². The van der Waals surface area contributed by atoms with Crippen LogP contribution in [0.1, 0.15) is 17.5 Å². The molecule has 0 amide bonds. The Morgan fingerprint density at radius 2 is 2.00 bits per heavy atom. The van der Waals surface area contributed by atoms with Gasteiger partial charge in [0.15, 0.2) is 0 Å². The topological polar surface area (TPSA) is 25.6 Å². The second kappa shape index (κ2) is 5.51. The van der Waals surface area contributed by atoms with Crippen molar-refractivity contribution in [3.05, 3.63) is 66.1 Å². The predicted octanol–water partition coefficient (Wildman–Crippen LogP) is 3.34. The first-order valence-corrected chi connectivity index (χ1v) is 7.51. The van der Waals surface area contributed by atoms with E-state index in [1.165, 1.54) is 16.7 Å². The molecule has 2 bridgehead atoms. The second-order valence-corrected chi connectivity index (χ2v) is 5.82. The molecule has 3 heteroatoms. The van der Waals surface area contributed by atoms with E-state index in [1.807, 2.05) is 6.26 Å². The number of hydrogen-bond donors (Lipinski definition) is 0. The maximum absolute atomic E-state index is 5.76. The highest BCUT2D eigenvalue weighted by atomic mass is 16.5. The van der Waals surface area contributed by atoms with Crippen molar-refractivity contribution < 1.29 is 9.15 Å². The lowest BCUT2D eigenvalue weighted by Crippen LogP contribution is -2.53. The van der Waals surface area contributed by atoms with Crippen LogP contribution < -0.4 is 0 Å². The minimum absolute atomic E-state index is 0.364. The molecule has 3 nitrogen and oxygen atoms in total. The molecule has 1 aromatic heterocycles. The molecule has 2 aliphatic heterocycles. The van der Waals surface area contributed by atoms with Gasteiger partial charge in [-0.2, -0.15) is 0 Å². The fraction of sp³-hybridized carbons (Fsp3) is 0.333. The van der Waals surface area contributed by atoms with Crippen molar-refractivity contribution in [1.29, 1.82) is 0 Å². The molecule has 3 heterocycles. The van der Waals surface area contributed by atoms with E-state index in [0.29, 0.717) is 12.1 Å². The van der Waals surface area contributed by atoms with E-state index in [2.05, 4.69) is 47.4 Å². The number of rotatable bonds is 3. The van der Waals surface area contributed by atoms with Crippen molar-refractivity contribution >= 4 is 5.57 Å². The quantitative estimate of drug-likeness (QED) is 0.863. The van der Waals surface area contributed by atoms with Crippen molar-refractivity contribution in [2.45, 2.75) is 25.0 Å². The first-order chi connectivity index (χ1) is 10.4. The van der Waals surface area contributed by atoms with Crippen LogP contribution in [0.15, 0.2) is 59.4 Å². The molecule has 4 rings (SSSR count). The zero-order chi connectivity index (χ0) is 14.1. The Kier molecular flexibility index (Phi) is 3.37. The predicted molar refractivity (Wildman–Crippen MR) is 81.7 cm³/mol. The average Bonchev–Trinajstić information content (AvgIpc) is 3.02. The van der Waals surface area contributed by atoms with Crippen LogP contribution in [-0.2, 0) is 11.3 Å². The summed E-state index contributed by atoms with van der Waals surface area (Å²) in [4.78, 5) is 2.57. The lowest BCUT2D eigenvalue weighted by molar-refractivity contribution is -0.0402. The van der Waals surface area contributed by atoms with Gasteiger partial charge in [0.2, 0.25) is 0 Å². The largest absolute Gasteiger partial charge is 0.472 e. The van der Waals surface area contributed by atoms with Gasteiger partial charge in [-0.1, -0.05) is 36.4 Å². The Labute approximate surface area is 124 Å². The number of benzene rings is 1. The second-order valence-electron chi connectivity index (χ2n) is 5.82. The molecule has 0 spiro atoms. The summed E-state index contributed by atoms with van der Waals surface area (Å²) >= 11 is 0. The zero-order valence-corrected chi connectivity index (χ0v) is 11.9. The summed E-state index contributed by atoms with van der Waals surface area (Å²) in [7, 11) is 0. The number of furan rings is 1. The molecule has 108 valence electrons. The molecule has 2 aliphatic rings. The lowest BCUT2D eigenvalue weighted by atomic mass is 9.90. The van der Waals surface area contributed by atoms with Gasteiger partial charge < -0.3 is 9.15 Å². The zero-order valence-electron chi connectivity index (χ0n) is 11.9. The van der Waals surface area contributed by atoms with E-state index >= 15 is 0 Å². The number of ether oxygens (including phenoxy) is 1. The molecule has 0 aliphatic carbocycles. The number of fused-ring (bicyclic) bond motifs is 2. The van der Waals surface area contributed by atoms with Crippen LogP contribution in [0, 0.1) is 0 Å². The molecular formula is C18H19NO2. The van der Waals surface area contributed by atoms with Crippen molar-refractivity contribution in [3.8, 4) is 0 Å².